The highest BCUT2D eigenvalue weighted by atomic mass is 35.5. The number of nitrogens with zero attached hydrogens (tertiary/aromatic N) is 1. The van der Waals surface area contributed by atoms with Crippen LogP contribution in [0.2, 0.25) is 5.02 Å². The van der Waals surface area contributed by atoms with E-state index < -0.39 is 0 Å². The minimum Gasteiger partial charge on any atom is -0.507 e. The van der Waals surface area contributed by atoms with Gasteiger partial charge in [0.25, 0.3) is 0 Å². The summed E-state index contributed by atoms with van der Waals surface area (Å²) in [7, 11) is 0. The molecule has 0 aliphatic heterocycles. The lowest BCUT2D eigenvalue weighted by Gasteiger charge is -2.01. The van der Waals surface area contributed by atoms with Crippen LogP contribution in [0.5, 0.6) is 5.75 Å². The van der Waals surface area contributed by atoms with Gasteiger partial charge in [-0.15, -0.1) is 0 Å². The molecule has 0 saturated carbocycles. The van der Waals surface area contributed by atoms with Crippen molar-refractivity contribution < 1.29 is 5.11 Å². The number of aromatic hydroxyl groups is 1. The Bertz CT molecular complexity index is 520. The smallest absolute Gasteiger partial charge is 0.141 e. The van der Waals surface area contributed by atoms with E-state index >= 15 is 0 Å². The number of aromatic nitrogens is 2. The number of halogens is 1. The van der Waals surface area contributed by atoms with Gasteiger partial charge in [0.05, 0.1) is 11.3 Å². The quantitative estimate of drug-likeness (QED) is 0.841. The fourth-order valence-corrected chi connectivity index (χ4v) is 1.84. The van der Waals surface area contributed by atoms with Crippen molar-refractivity contribution in [3.8, 4) is 17.1 Å². The maximum atomic E-state index is 9.77. The number of aromatic amines is 1. The number of phenols is 1. The van der Waals surface area contributed by atoms with Crippen LogP contribution in [-0.2, 0) is 6.42 Å². The molecule has 0 bridgehead atoms. The molecule has 0 saturated heterocycles. The van der Waals surface area contributed by atoms with E-state index in [1.165, 1.54) is 6.07 Å². The van der Waals surface area contributed by atoms with Crippen molar-refractivity contribution in [3.63, 3.8) is 0 Å². The molecular weight excluding hydrogens is 224 g/mol. The van der Waals surface area contributed by atoms with Gasteiger partial charge in [0, 0.05) is 10.7 Å². The summed E-state index contributed by atoms with van der Waals surface area (Å²) >= 11 is 5.78. The number of H-pyrrole nitrogens is 1. The van der Waals surface area contributed by atoms with Gasteiger partial charge in [-0.05, 0) is 31.5 Å². The highest BCUT2D eigenvalue weighted by Crippen LogP contribution is 2.30. The summed E-state index contributed by atoms with van der Waals surface area (Å²) in [4.78, 5) is 7.59. The Kier molecular flexibility index (Phi) is 2.88. The summed E-state index contributed by atoms with van der Waals surface area (Å²) < 4.78 is 0. The van der Waals surface area contributed by atoms with Crippen LogP contribution in [0, 0.1) is 6.92 Å². The van der Waals surface area contributed by atoms with Gasteiger partial charge in [0.2, 0.25) is 0 Å². The number of hydrogen-bond acceptors (Lipinski definition) is 2. The number of benzene rings is 1. The molecular formula is C12H13ClN2O. The minimum atomic E-state index is 0.143. The van der Waals surface area contributed by atoms with Gasteiger partial charge in [-0.2, -0.15) is 0 Å². The molecule has 2 N–H and O–H groups in total. The van der Waals surface area contributed by atoms with Crippen molar-refractivity contribution in [2.24, 2.45) is 0 Å². The van der Waals surface area contributed by atoms with E-state index in [4.69, 9.17) is 11.6 Å². The molecule has 0 radical (unpaired) electrons. The molecule has 1 aromatic heterocycles. The third-order valence-corrected chi connectivity index (χ3v) is 2.77. The summed E-state index contributed by atoms with van der Waals surface area (Å²) in [6, 6.07) is 5.01. The molecule has 0 spiro atoms. The number of imidazole rings is 1. The summed E-state index contributed by atoms with van der Waals surface area (Å²) in [5.41, 5.74) is 2.73. The van der Waals surface area contributed by atoms with Crippen molar-refractivity contribution in [2.75, 3.05) is 0 Å². The van der Waals surface area contributed by atoms with E-state index in [9.17, 15) is 5.11 Å². The molecule has 0 unspecified atom stereocenters. The first kappa shape index (κ1) is 11.0. The Morgan fingerprint density at radius 2 is 2.19 bits per heavy atom. The van der Waals surface area contributed by atoms with Gasteiger partial charge in [0.1, 0.15) is 11.6 Å². The predicted octanol–water partition coefficient (Wildman–Crippen LogP) is 3.31. The Labute approximate surface area is 99.1 Å². The van der Waals surface area contributed by atoms with Gasteiger partial charge in [-0.3, -0.25) is 0 Å². The fourth-order valence-electron chi connectivity index (χ4n) is 1.67. The van der Waals surface area contributed by atoms with E-state index in [1.54, 1.807) is 12.1 Å². The minimum absolute atomic E-state index is 0.143. The van der Waals surface area contributed by atoms with Crippen LogP contribution in [0.15, 0.2) is 18.2 Å². The zero-order valence-corrected chi connectivity index (χ0v) is 9.97. The molecule has 1 heterocycles. The average Bonchev–Trinajstić information content (AvgIpc) is 2.59. The highest BCUT2D eigenvalue weighted by Gasteiger charge is 2.10. The van der Waals surface area contributed by atoms with Crippen LogP contribution < -0.4 is 0 Å². The Balaban J connectivity index is 2.50. The second-order valence-corrected chi connectivity index (χ2v) is 4.11. The highest BCUT2D eigenvalue weighted by molar-refractivity contribution is 6.30. The van der Waals surface area contributed by atoms with Crippen molar-refractivity contribution in [3.05, 3.63) is 34.6 Å². The molecule has 84 valence electrons. The molecule has 2 aromatic rings. The third kappa shape index (κ3) is 1.91. The SMILES string of the molecule is CCc1nc(-c2ccc(Cl)cc2O)[nH]c1C. The first-order chi connectivity index (χ1) is 7.61. The largest absolute Gasteiger partial charge is 0.507 e. The van der Waals surface area contributed by atoms with Crippen LogP contribution in [0.3, 0.4) is 0 Å². The maximum Gasteiger partial charge on any atom is 0.141 e. The predicted molar refractivity (Wildman–Crippen MR) is 64.8 cm³/mol. The number of phenolic OH excluding ortho intramolecular Hbond substituents is 1. The normalized spacial score (nSPS) is 10.7. The topological polar surface area (TPSA) is 48.9 Å². The zero-order chi connectivity index (χ0) is 11.7. The second-order valence-electron chi connectivity index (χ2n) is 3.67. The van der Waals surface area contributed by atoms with Gasteiger partial charge in [-0.25, -0.2) is 4.98 Å². The molecule has 2 rings (SSSR count). The van der Waals surface area contributed by atoms with Gasteiger partial charge >= 0.3 is 0 Å². The van der Waals surface area contributed by atoms with Crippen LogP contribution in [0.1, 0.15) is 18.3 Å². The van der Waals surface area contributed by atoms with Gasteiger partial charge in [0.15, 0.2) is 0 Å². The zero-order valence-electron chi connectivity index (χ0n) is 9.21. The Morgan fingerprint density at radius 1 is 1.44 bits per heavy atom. The number of nitrogens with one attached hydrogen (secondary N) is 1. The Morgan fingerprint density at radius 3 is 2.75 bits per heavy atom. The molecule has 0 atom stereocenters. The van der Waals surface area contributed by atoms with Crippen molar-refractivity contribution >= 4 is 11.6 Å². The molecule has 0 fully saturated rings. The van der Waals surface area contributed by atoms with Crippen LogP contribution in [0.25, 0.3) is 11.4 Å². The average molecular weight is 237 g/mol. The maximum absolute atomic E-state index is 9.77. The molecule has 4 heteroatoms. The second kappa shape index (κ2) is 4.18. The first-order valence-corrected chi connectivity index (χ1v) is 5.54. The summed E-state index contributed by atoms with van der Waals surface area (Å²) in [5.74, 6) is 0.826. The number of rotatable bonds is 2. The van der Waals surface area contributed by atoms with Gasteiger partial charge in [-0.1, -0.05) is 18.5 Å². The standard InChI is InChI=1S/C12H13ClN2O/c1-3-10-7(2)14-12(15-10)9-5-4-8(13)6-11(9)16/h4-6,16H,3H2,1-2H3,(H,14,15). The van der Waals surface area contributed by atoms with Crippen molar-refractivity contribution in [2.45, 2.75) is 20.3 Å². The monoisotopic (exact) mass is 236 g/mol. The third-order valence-electron chi connectivity index (χ3n) is 2.54. The molecule has 0 amide bonds. The molecule has 3 nitrogen and oxygen atoms in total. The molecule has 16 heavy (non-hydrogen) atoms. The van der Waals surface area contributed by atoms with E-state index in [1.807, 2.05) is 6.92 Å². The van der Waals surface area contributed by atoms with Crippen molar-refractivity contribution in [1.29, 1.82) is 0 Å². The number of aryl methyl sites for hydroxylation is 2. The lowest BCUT2D eigenvalue weighted by molar-refractivity contribution is 0.477. The lowest BCUT2D eigenvalue weighted by atomic mass is 10.2. The molecule has 0 aliphatic carbocycles. The Hall–Kier alpha value is -1.48. The molecule has 1 aromatic carbocycles. The first-order valence-electron chi connectivity index (χ1n) is 5.16. The van der Waals surface area contributed by atoms with E-state index in [-0.39, 0.29) is 5.75 Å². The van der Waals surface area contributed by atoms with E-state index in [0.717, 1.165) is 17.8 Å². The van der Waals surface area contributed by atoms with Crippen LogP contribution in [-0.4, -0.2) is 15.1 Å². The van der Waals surface area contributed by atoms with E-state index in [2.05, 4.69) is 16.9 Å². The van der Waals surface area contributed by atoms with E-state index in [0.29, 0.717) is 16.4 Å². The summed E-state index contributed by atoms with van der Waals surface area (Å²) in [6.45, 7) is 4.02. The number of hydrogen-bond donors (Lipinski definition) is 2. The summed E-state index contributed by atoms with van der Waals surface area (Å²) in [6.07, 6.45) is 0.872. The molecule has 0 aliphatic rings. The summed E-state index contributed by atoms with van der Waals surface area (Å²) in [5, 5.41) is 10.3. The van der Waals surface area contributed by atoms with Crippen molar-refractivity contribution in [1.82, 2.24) is 9.97 Å². The fraction of sp³-hybridized carbons (Fsp3) is 0.250. The lowest BCUT2D eigenvalue weighted by Crippen LogP contribution is -1.83. The van der Waals surface area contributed by atoms with Crippen LogP contribution >= 0.6 is 11.6 Å². The van der Waals surface area contributed by atoms with Gasteiger partial charge < -0.3 is 10.1 Å². The van der Waals surface area contributed by atoms with Crippen LogP contribution in [0.4, 0.5) is 0 Å².